The molecule has 0 unspecified atom stereocenters. The summed E-state index contributed by atoms with van der Waals surface area (Å²) in [6.45, 7) is 10.4. The number of carbonyl (C=O) groups excluding carboxylic acids is 1. The van der Waals surface area contributed by atoms with Crippen LogP contribution >= 0.6 is 0 Å². The third-order valence-electron chi connectivity index (χ3n) is 2.91. The van der Waals surface area contributed by atoms with Gasteiger partial charge in [-0.1, -0.05) is 0 Å². The van der Waals surface area contributed by atoms with Gasteiger partial charge >= 0.3 is 6.09 Å². The van der Waals surface area contributed by atoms with Gasteiger partial charge in [-0.2, -0.15) is 0 Å². The molecule has 1 fully saturated rings. The molecule has 1 aliphatic carbocycles. The molecule has 100 valence electrons. The van der Waals surface area contributed by atoms with Crippen LogP contribution in [0.15, 0.2) is 0 Å². The van der Waals surface area contributed by atoms with Gasteiger partial charge in [-0.15, -0.1) is 0 Å². The van der Waals surface area contributed by atoms with Crippen LogP contribution in [0, 0.1) is 0 Å². The molecule has 0 radical (unpaired) electrons. The number of carbonyl (C=O) groups is 1. The molecule has 0 aromatic heterocycles. The van der Waals surface area contributed by atoms with Crippen molar-refractivity contribution in [1.29, 1.82) is 0 Å². The molecule has 0 spiro atoms. The summed E-state index contributed by atoms with van der Waals surface area (Å²) in [6.07, 6.45) is 2.74. The van der Waals surface area contributed by atoms with Gasteiger partial charge in [0.05, 0.1) is 0 Å². The van der Waals surface area contributed by atoms with Crippen LogP contribution in [0.25, 0.3) is 0 Å². The van der Waals surface area contributed by atoms with Crippen LogP contribution < -0.4 is 5.73 Å². The monoisotopic (exact) mass is 242 g/mol. The largest absolute Gasteiger partial charge is 0.444 e. The van der Waals surface area contributed by atoms with Crippen LogP contribution in [0.1, 0.15) is 53.9 Å². The predicted molar refractivity (Wildman–Crippen MR) is 68.8 cm³/mol. The van der Waals surface area contributed by atoms with Gasteiger partial charge in [0.1, 0.15) is 5.60 Å². The topological polar surface area (TPSA) is 55.6 Å². The molecule has 1 amide bonds. The average Bonchev–Trinajstić information content (AvgIpc) is 2.83. The maximum atomic E-state index is 12.2. The number of ether oxygens (including phenoxy) is 1. The molecule has 1 saturated carbocycles. The maximum absolute atomic E-state index is 12.2. The Bertz CT molecular complexity index is 278. The second kappa shape index (κ2) is 4.84. The Morgan fingerprint density at radius 3 is 2.18 bits per heavy atom. The third-order valence-corrected chi connectivity index (χ3v) is 2.91. The van der Waals surface area contributed by atoms with E-state index in [1.807, 2.05) is 25.7 Å². The third kappa shape index (κ3) is 4.19. The first kappa shape index (κ1) is 14.3. The first-order valence-corrected chi connectivity index (χ1v) is 6.40. The van der Waals surface area contributed by atoms with E-state index in [9.17, 15) is 4.79 Å². The highest BCUT2D eigenvalue weighted by Gasteiger charge is 2.43. The van der Waals surface area contributed by atoms with Gasteiger partial charge in [-0.3, -0.25) is 0 Å². The molecule has 4 nitrogen and oxygen atoms in total. The fourth-order valence-electron chi connectivity index (χ4n) is 2.01. The van der Waals surface area contributed by atoms with E-state index >= 15 is 0 Å². The summed E-state index contributed by atoms with van der Waals surface area (Å²) in [5, 5.41) is 0. The Labute approximate surface area is 104 Å². The van der Waals surface area contributed by atoms with Crippen LogP contribution in [0.3, 0.4) is 0 Å². The summed E-state index contributed by atoms with van der Waals surface area (Å²) in [5.74, 6) is 0. The van der Waals surface area contributed by atoms with Crippen LogP contribution in [-0.4, -0.2) is 34.7 Å². The minimum Gasteiger partial charge on any atom is -0.444 e. The lowest BCUT2D eigenvalue weighted by molar-refractivity contribution is -0.000703. The van der Waals surface area contributed by atoms with Crippen LogP contribution in [0.5, 0.6) is 0 Å². The Morgan fingerprint density at radius 1 is 1.29 bits per heavy atom. The van der Waals surface area contributed by atoms with E-state index in [4.69, 9.17) is 10.5 Å². The van der Waals surface area contributed by atoms with Crippen molar-refractivity contribution in [2.24, 2.45) is 5.73 Å². The lowest BCUT2D eigenvalue weighted by atomic mass is 9.98. The van der Waals surface area contributed by atoms with Crippen molar-refractivity contribution < 1.29 is 9.53 Å². The van der Waals surface area contributed by atoms with Crippen molar-refractivity contribution in [3.63, 3.8) is 0 Å². The molecule has 0 aliphatic heterocycles. The fraction of sp³-hybridized carbons (Fsp3) is 0.923. The number of hydrogen-bond donors (Lipinski definition) is 1. The van der Waals surface area contributed by atoms with E-state index in [0.29, 0.717) is 12.6 Å². The van der Waals surface area contributed by atoms with E-state index in [1.54, 1.807) is 0 Å². The quantitative estimate of drug-likeness (QED) is 0.824. The van der Waals surface area contributed by atoms with Crippen molar-refractivity contribution in [3.8, 4) is 0 Å². The number of rotatable bonds is 4. The predicted octanol–water partition coefficient (Wildman–Crippen LogP) is 2.51. The maximum Gasteiger partial charge on any atom is 0.410 e. The normalized spacial score (nSPS) is 16.8. The van der Waals surface area contributed by atoms with Crippen molar-refractivity contribution in [2.45, 2.75) is 71.1 Å². The van der Waals surface area contributed by atoms with Crippen LogP contribution in [0.4, 0.5) is 4.79 Å². The first-order chi connectivity index (χ1) is 7.67. The zero-order valence-electron chi connectivity index (χ0n) is 11.7. The summed E-state index contributed by atoms with van der Waals surface area (Å²) in [4.78, 5) is 14.1. The molecule has 17 heavy (non-hydrogen) atoms. The molecule has 0 aromatic carbocycles. The molecule has 2 N–H and O–H groups in total. The number of nitrogens with two attached hydrogens (primary N) is 1. The van der Waals surface area contributed by atoms with Gasteiger partial charge in [-0.05, 0) is 60.4 Å². The average molecular weight is 242 g/mol. The second-order valence-corrected chi connectivity index (χ2v) is 6.43. The van der Waals surface area contributed by atoms with E-state index in [2.05, 4.69) is 13.8 Å². The van der Waals surface area contributed by atoms with Crippen molar-refractivity contribution in [1.82, 2.24) is 4.90 Å². The van der Waals surface area contributed by atoms with E-state index in [-0.39, 0.29) is 11.6 Å². The SMILES string of the molecule is CC(C)(C)OC(=O)N(C1CC1)C(C)(C)CCN. The Balaban J connectivity index is 2.75. The Hall–Kier alpha value is -0.770. The van der Waals surface area contributed by atoms with Gasteiger partial charge in [0.15, 0.2) is 0 Å². The van der Waals surface area contributed by atoms with Gasteiger partial charge in [-0.25, -0.2) is 4.79 Å². The summed E-state index contributed by atoms with van der Waals surface area (Å²) in [6, 6.07) is 0.339. The first-order valence-electron chi connectivity index (χ1n) is 6.40. The summed E-state index contributed by atoms with van der Waals surface area (Å²) in [7, 11) is 0. The zero-order chi connectivity index (χ0) is 13.3. The molecule has 1 rings (SSSR count). The standard InChI is InChI=1S/C13H26N2O2/c1-12(2,3)17-11(16)15(10-6-7-10)13(4,5)8-9-14/h10H,6-9,14H2,1-5H3. The lowest BCUT2D eigenvalue weighted by Gasteiger charge is -2.39. The number of amides is 1. The fourth-order valence-corrected chi connectivity index (χ4v) is 2.01. The molecule has 0 heterocycles. The summed E-state index contributed by atoms with van der Waals surface area (Å²) < 4.78 is 5.48. The van der Waals surface area contributed by atoms with Gasteiger partial charge < -0.3 is 15.4 Å². The molecule has 1 aliphatic rings. The highest BCUT2D eigenvalue weighted by molar-refractivity contribution is 5.70. The van der Waals surface area contributed by atoms with Crippen molar-refractivity contribution >= 4 is 6.09 Å². The Kier molecular flexibility index (Phi) is 4.07. The van der Waals surface area contributed by atoms with Crippen molar-refractivity contribution in [3.05, 3.63) is 0 Å². The molecule has 0 bridgehead atoms. The summed E-state index contributed by atoms with van der Waals surface area (Å²) in [5.41, 5.74) is 4.96. The Morgan fingerprint density at radius 2 is 1.82 bits per heavy atom. The smallest absolute Gasteiger partial charge is 0.410 e. The lowest BCUT2D eigenvalue weighted by Crippen LogP contribution is -2.51. The minimum absolute atomic E-state index is 0.210. The summed E-state index contributed by atoms with van der Waals surface area (Å²) >= 11 is 0. The second-order valence-electron chi connectivity index (χ2n) is 6.43. The molecular formula is C13H26N2O2. The molecule has 4 heteroatoms. The molecule has 0 saturated heterocycles. The molecular weight excluding hydrogens is 216 g/mol. The molecule has 0 aromatic rings. The molecule has 0 atom stereocenters. The van der Waals surface area contributed by atoms with Crippen LogP contribution in [-0.2, 0) is 4.74 Å². The van der Waals surface area contributed by atoms with E-state index < -0.39 is 5.60 Å². The minimum atomic E-state index is -0.441. The van der Waals surface area contributed by atoms with E-state index in [1.165, 1.54) is 0 Å². The number of nitrogens with zero attached hydrogens (tertiary/aromatic N) is 1. The van der Waals surface area contributed by atoms with Crippen molar-refractivity contribution in [2.75, 3.05) is 6.54 Å². The highest BCUT2D eigenvalue weighted by atomic mass is 16.6. The van der Waals surface area contributed by atoms with Crippen LogP contribution in [0.2, 0.25) is 0 Å². The van der Waals surface area contributed by atoms with E-state index in [0.717, 1.165) is 19.3 Å². The highest BCUT2D eigenvalue weighted by Crippen LogP contribution is 2.35. The van der Waals surface area contributed by atoms with Gasteiger partial charge in [0, 0.05) is 11.6 Å². The van der Waals surface area contributed by atoms with Gasteiger partial charge in [0.25, 0.3) is 0 Å². The number of hydrogen-bond acceptors (Lipinski definition) is 3. The zero-order valence-corrected chi connectivity index (χ0v) is 11.7. The van der Waals surface area contributed by atoms with Gasteiger partial charge in [0.2, 0.25) is 0 Å².